The highest BCUT2D eigenvalue weighted by Crippen LogP contribution is 2.35. The number of benzene rings is 2. The monoisotopic (exact) mass is 423 g/mol. The Morgan fingerprint density at radius 2 is 1.87 bits per heavy atom. The quantitative estimate of drug-likeness (QED) is 0.459. The second kappa shape index (κ2) is 8.81. The molecular formula is C25H30ClN3O. The first-order valence-electron chi connectivity index (χ1n) is 10.9. The van der Waals surface area contributed by atoms with Crippen molar-refractivity contribution in [3.63, 3.8) is 0 Å². The molecule has 0 aliphatic heterocycles. The first-order valence-corrected chi connectivity index (χ1v) is 11.3. The fourth-order valence-electron chi connectivity index (χ4n) is 4.51. The molecule has 0 radical (unpaired) electrons. The summed E-state index contributed by atoms with van der Waals surface area (Å²) >= 11 is 6.32. The van der Waals surface area contributed by atoms with Gasteiger partial charge in [-0.1, -0.05) is 56.0 Å². The van der Waals surface area contributed by atoms with Crippen molar-refractivity contribution in [2.45, 2.75) is 59.0 Å². The van der Waals surface area contributed by atoms with Gasteiger partial charge in [0.05, 0.1) is 17.6 Å². The van der Waals surface area contributed by atoms with E-state index >= 15 is 0 Å². The molecule has 1 aliphatic rings. The third-order valence-corrected chi connectivity index (χ3v) is 6.15. The average Bonchev–Trinajstić information content (AvgIpc) is 3.34. The number of imidazole rings is 1. The van der Waals surface area contributed by atoms with Gasteiger partial charge in [0.25, 0.3) is 5.91 Å². The number of carbonyl (C=O) groups excluding carboxylic acids is 1. The van der Waals surface area contributed by atoms with E-state index in [4.69, 9.17) is 16.6 Å². The summed E-state index contributed by atoms with van der Waals surface area (Å²) in [6.45, 7) is 7.54. The molecule has 1 amide bonds. The zero-order valence-corrected chi connectivity index (χ0v) is 18.8. The van der Waals surface area contributed by atoms with Crippen LogP contribution in [0.1, 0.15) is 67.3 Å². The summed E-state index contributed by atoms with van der Waals surface area (Å²) in [6.07, 6.45) is 4.78. The van der Waals surface area contributed by atoms with Crippen LogP contribution in [-0.2, 0) is 6.54 Å². The van der Waals surface area contributed by atoms with Crippen LogP contribution in [0.4, 0.5) is 0 Å². The number of hydrogen-bond acceptors (Lipinski definition) is 2. The Hall–Kier alpha value is -2.33. The van der Waals surface area contributed by atoms with Crippen molar-refractivity contribution >= 4 is 28.5 Å². The van der Waals surface area contributed by atoms with Gasteiger partial charge in [-0.25, -0.2) is 4.98 Å². The van der Waals surface area contributed by atoms with Gasteiger partial charge in [0, 0.05) is 23.2 Å². The maximum absolute atomic E-state index is 13.4. The molecule has 5 heteroatoms. The van der Waals surface area contributed by atoms with Gasteiger partial charge in [0.15, 0.2) is 0 Å². The summed E-state index contributed by atoms with van der Waals surface area (Å²) in [7, 11) is 0. The zero-order valence-electron chi connectivity index (χ0n) is 18.1. The summed E-state index contributed by atoms with van der Waals surface area (Å²) < 4.78 is 2.35. The second-order valence-electron chi connectivity index (χ2n) is 8.91. The number of nitrogens with zero attached hydrogens (tertiary/aromatic N) is 3. The van der Waals surface area contributed by atoms with Crippen molar-refractivity contribution in [2.24, 2.45) is 5.92 Å². The number of hydrogen-bond donors (Lipinski definition) is 0. The van der Waals surface area contributed by atoms with Crippen molar-refractivity contribution in [1.29, 1.82) is 0 Å². The molecule has 4 rings (SSSR count). The summed E-state index contributed by atoms with van der Waals surface area (Å²) in [5.41, 5.74) is 3.92. The van der Waals surface area contributed by atoms with Crippen LogP contribution < -0.4 is 0 Å². The zero-order chi connectivity index (χ0) is 21.3. The molecule has 0 spiro atoms. The SMILES string of the molecule is Cc1ccc(C(=O)N(Cc2nc3ccc(Cl)cc3n2C2CCCC2)CC(C)C)cc1. The van der Waals surface area contributed by atoms with Gasteiger partial charge in [-0.3, -0.25) is 4.79 Å². The molecule has 2 aromatic carbocycles. The third kappa shape index (κ3) is 4.39. The highest BCUT2D eigenvalue weighted by molar-refractivity contribution is 6.31. The van der Waals surface area contributed by atoms with Gasteiger partial charge < -0.3 is 9.47 Å². The van der Waals surface area contributed by atoms with E-state index in [2.05, 4.69) is 18.4 Å². The number of fused-ring (bicyclic) bond motifs is 1. The standard InChI is InChI=1S/C25H30ClN3O/c1-17(2)15-28(25(30)19-10-8-18(3)9-11-19)16-24-27-22-13-12-20(26)14-23(22)29(24)21-6-4-5-7-21/h8-14,17,21H,4-7,15-16H2,1-3H3. The molecule has 4 nitrogen and oxygen atoms in total. The number of halogens is 1. The number of rotatable bonds is 6. The fraction of sp³-hybridized carbons (Fsp3) is 0.440. The van der Waals surface area contributed by atoms with E-state index < -0.39 is 0 Å². The third-order valence-electron chi connectivity index (χ3n) is 5.92. The summed E-state index contributed by atoms with van der Waals surface area (Å²) in [6, 6.07) is 14.2. The molecule has 0 bridgehead atoms. The Labute approximate surface area is 183 Å². The van der Waals surface area contributed by atoms with Crippen molar-refractivity contribution in [2.75, 3.05) is 6.54 Å². The lowest BCUT2D eigenvalue weighted by molar-refractivity contribution is 0.0715. The van der Waals surface area contributed by atoms with Crippen molar-refractivity contribution in [1.82, 2.24) is 14.5 Å². The summed E-state index contributed by atoms with van der Waals surface area (Å²) in [5.74, 6) is 1.39. The molecule has 1 fully saturated rings. The largest absolute Gasteiger partial charge is 0.331 e. The number of aromatic nitrogens is 2. The van der Waals surface area contributed by atoms with E-state index in [0.29, 0.717) is 25.0 Å². The van der Waals surface area contributed by atoms with E-state index in [1.807, 2.05) is 54.3 Å². The normalized spacial score (nSPS) is 14.7. The molecule has 0 N–H and O–H groups in total. The molecule has 1 aromatic heterocycles. The number of carbonyl (C=O) groups is 1. The van der Waals surface area contributed by atoms with Crippen LogP contribution in [0, 0.1) is 12.8 Å². The van der Waals surface area contributed by atoms with Gasteiger partial charge in [0.2, 0.25) is 0 Å². The predicted molar refractivity (Wildman–Crippen MR) is 123 cm³/mol. The minimum atomic E-state index is 0.0618. The van der Waals surface area contributed by atoms with Crippen LogP contribution >= 0.6 is 11.6 Å². The Kier molecular flexibility index (Phi) is 6.14. The molecule has 0 unspecified atom stereocenters. The van der Waals surface area contributed by atoms with Crippen molar-refractivity contribution in [3.05, 3.63) is 64.4 Å². The van der Waals surface area contributed by atoms with E-state index in [1.54, 1.807) is 0 Å². The van der Waals surface area contributed by atoms with Gasteiger partial charge in [-0.05, 0) is 56.0 Å². The molecule has 1 saturated carbocycles. The van der Waals surface area contributed by atoms with Crippen molar-refractivity contribution in [3.8, 4) is 0 Å². The Morgan fingerprint density at radius 1 is 1.17 bits per heavy atom. The average molecular weight is 424 g/mol. The fourth-order valence-corrected chi connectivity index (χ4v) is 4.67. The maximum Gasteiger partial charge on any atom is 0.254 e. The summed E-state index contributed by atoms with van der Waals surface area (Å²) in [4.78, 5) is 20.3. The lowest BCUT2D eigenvalue weighted by Gasteiger charge is -2.26. The topological polar surface area (TPSA) is 38.1 Å². The van der Waals surface area contributed by atoms with Crippen LogP contribution in [0.2, 0.25) is 5.02 Å². The first kappa shape index (κ1) is 20.9. The predicted octanol–water partition coefficient (Wildman–Crippen LogP) is 6.41. The van der Waals surface area contributed by atoms with Gasteiger partial charge in [0.1, 0.15) is 5.82 Å². The van der Waals surface area contributed by atoms with Crippen molar-refractivity contribution < 1.29 is 4.79 Å². The molecule has 0 saturated heterocycles. The molecule has 1 heterocycles. The molecule has 158 valence electrons. The molecule has 3 aromatic rings. The van der Waals surface area contributed by atoms with E-state index in [9.17, 15) is 4.79 Å². The number of amides is 1. The highest BCUT2D eigenvalue weighted by atomic mass is 35.5. The van der Waals surface area contributed by atoms with Gasteiger partial charge in [-0.15, -0.1) is 0 Å². The smallest absolute Gasteiger partial charge is 0.254 e. The van der Waals surface area contributed by atoms with Crippen LogP contribution in [-0.4, -0.2) is 26.9 Å². The van der Waals surface area contributed by atoms with Crippen LogP contribution in [0.3, 0.4) is 0 Å². The van der Waals surface area contributed by atoms with Crippen LogP contribution in [0.25, 0.3) is 11.0 Å². The lowest BCUT2D eigenvalue weighted by Crippen LogP contribution is -2.35. The minimum Gasteiger partial charge on any atom is -0.331 e. The molecular weight excluding hydrogens is 394 g/mol. The Morgan fingerprint density at radius 3 is 2.53 bits per heavy atom. The molecule has 1 aliphatic carbocycles. The molecule has 0 atom stereocenters. The first-order chi connectivity index (χ1) is 14.4. The Balaban J connectivity index is 1.72. The van der Waals surface area contributed by atoms with E-state index in [0.717, 1.165) is 45.8 Å². The van der Waals surface area contributed by atoms with E-state index in [1.165, 1.54) is 12.8 Å². The summed E-state index contributed by atoms with van der Waals surface area (Å²) in [5, 5.41) is 0.725. The molecule has 30 heavy (non-hydrogen) atoms. The van der Waals surface area contributed by atoms with Gasteiger partial charge in [-0.2, -0.15) is 0 Å². The Bertz CT molecular complexity index is 1030. The van der Waals surface area contributed by atoms with Crippen LogP contribution in [0.5, 0.6) is 0 Å². The highest BCUT2D eigenvalue weighted by Gasteiger charge is 2.26. The van der Waals surface area contributed by atoms with E-state index in [-0.39, 0.29) is 5.91 Å². The second-order valence-corrected chi connectivity index (χ2v) is 9.35. The van der Waals surface area contributed by atoms with Crippen LogP contribution in [0.15, 0.2) is 42.5 Å². The van der Waals surface area contributed by atoms with Gasteiger partial charge >= 0.3 is 0 Å². The number of aryl methyl sites for hydroxylation is 1. The minimum absolute atomic E-state index is 0.0618. The lowest BCUT2D eigenvalue weighted by atomic mass is 10.1. The maximum atomic E-state index is 13.4.